The Morgan fingerprint density at radius 2 is 1.89 bits per heavy atom. The standard InChI is InChI=1S/C11H20O7/c1-3-11(2,16)5-17-10-9(15)8(14)7(13)6(4-12)18-10/h3,6-10,12-16H,1,4-5H2,2H3/t6-,7-,8+,9-,10-,11-/m1/s1. The second-order valence-electron chi connectivity index (χ2n) is 4.57. The topological polar surface area (TPSA) is 120 Å². The van der Waals surface area contributed by atoms with Gasteiger partial charge < -0.3 is 35.0 Å². The van der Waals surface area contributed by atoms with Crippen LogP contribution in [0.5, 0.6) is 0 Å². The highest BCUT2D eigenvalue weighted by Gasteiger charge is 2.44. The van der Waals surface area contributed by atoms with Gasteiger partial charge in [0, 0.05) is 0 Å². The summed E-state index contributed by atoms with van der Waals surface area (Å²) in [5, 5.41) is 47.3. The molecule has 0 saturated carbocycles. The molecule has 0 radical (unpaired) electrons. The van der Waals surface area contributed by atoms with Crippen molar-refractivity contribution in [2.24, 2.45) is 0 Å². The van der Waals surface area contributed by atoms with Crippen molar-refractivity contribution in [3.63, 3.8) is 0 Å². The summed E-state index contributed by atoms with van der Waals surface area (Å²) in [5.41, 5.74) is -1.31. The minimum atomic E-state index is -1.49. The maximum absolute atomic E-state index is 9.64. The molecule has 0 bridgehead atoms. The third kappa shape index (κ3) is 3.48. The highest BCUT2D eigenvalue weighted by Crippen LogP contribution is 2.22. The van der Waals surface area contributed by atoms with Crippen molar-refractivity contribution in [2.75, 3.05) is 13.2 Å². The third-order valence-electron chi connectivity index (χ3n) is 2.83. The zero-order chi connectivity index (χ0) is 13.9. The van der Waals surface area contributed by atoms with Crippen LogP contribution in [-0.2, 0) is 9.47 Å². The van der Waals surface area contributed by atoms with Crippen LogP contribution in [0.3, 0.4) is 0 Å². The molecular weight excluding hydrogens is 244 g/mol. The molecule has 1 fully saturated rings. The van der Waals surface area contributed by atoms with Crippen molar-refractivity contribution < 1.29 is 35.0 Å². The lowest BCUT2D eigenvalue weighted by Gasteiger charge is -2.40. The van der Waals surface area contributed by atoms with Crippen LogP contribution in [0.15, 0.2) is 12.7 Å². The molecule has 1 aliphatic rings. The summed E-state index contributed by atoms with van der Waals surface area (Å²) < 4.78 is 10.2. The Morgan fingerprint density at radius 1 is 1.28 bits per heavy atom. The Bertz CT molecular complexity index is 279. The zero-order valence-corrected chi connectivity index (χ0v) is 10.1. The van der Waals surface area contributed by atoms with Crippen LogP contribution in [0, 0.1) is 0 Å². The molecular formula is C11H20O7. The lowest BCUT2D eigenvalue weighted by atomic mass is 9.99. The molecule has 6 atom stereocenters. The van der Waals surface area contributed by atoms with Crippen molar-refractivity contribution >= 4 is 0 Å². The first-order valence-electron chi connectivity index (χ1n) is 5.60. The van der Waals surface area contributed by atoms with Gasteiger partial charge in [0.25, 0.3) is 0 Å². The first-order chi connectivity index (χ1) is 8.32. The number of rotatable bonds is 5. The summed E-state index contributed by atoms with van der Waals surface area (Å²) in [5.74, 6) is 0. The Labute approximate surface area is 105 Å². The maximum Gasteiger partial charge on any atom is 0.186 e. The normalized spacial score (nSPS) is 40.2. The van der Waals surface area contributed by atoms with E-state index in [-0.39, 0.29) is 6.61 Å². The average Bonchev–Trinajstić information content (AvgIpc) is 2.35. The van der Waals surface area contributed by atoms with Crippen LogP contribution in [-0.4, -0.2) is 75.1 Å². The molecule has 7 nitrogen and oxygen atoms in total. The van der Waals surface area contributed by atoms with Gasteiger partial charge in [-0.3, -0.25) is 0 Å². The number of aliphatic hydroxyl groups excluding tert-OH is 4. The molecule has 1 heterocycles. The molecule has 0 spiro atoms. The molecule has 0 aromatic carbocycles. The van der Waals surface area contributed by atoms with Gasteiger partial charge in [0.1, 0.15) is 30.0 Å². The maximum atomic E-state index is 9.64. The van der Waals surface area contributed by atoms with Crippen LogP contribution in [0.4, 0.5) is 0 Å². The number of ether oxygens (including phenoxy) is 2. The Kier molecular flexibility index (Phi) is 5.23. The zero-order valence-electron chi connectivity index (χ0n) is 10.1. The first kappa shape index (κ1) is 15.5. The van der Waals surface area contributed by atoms with E-state index in [1.54, 1.807) is 0 Å². The van der Waals surface area contributed by atoms with Crippen LogP contribution < -0.4 is 0 Å². The van der Waals surface area contributed by atoms with Crippen molar-refractivity contribution in [1.29, 1.82) is 0 Å². The molecule has 1 saturated heterocycles. The highest BCUT2D eigenvalue weighted by molar-refractivity contribution is 4.93. The Balaban J connectivity index is 2.62. The van der Waals surface area contributed by atoms with Crippen molar-refractivity contribution in [3.8, 4) is 0 Å². The van der Waals surface area contributed by atoms with Crippen molar-refractivity contribution in [3.05, 3.63) is 12.7 Å². The van der Waals surface area contributed by atoms with Gasteiger partial charge in [0.05, 0.1) is 13.2 Å². The minimum absolute atomic E-state index is 0.209. The molecule has 0 aromatic heterocycles. The van der Waals surface area contributed by atoms with Gasteiger partial charge in [-0.1, -0.05) is 6.08 Å². The third-order valence-corrected chi connectivity index (χ3v) is 2.83. The second-order valence-corrected chi connectivity index (χ2v) is 4.57. The van der Waals surface area contributed by atoms with Gasteiger partial charge in [-0.25, -0.2) is 0 Å². The summed E-state index contributed by atoms with van der Waals surface area (Å²) in [6, 6.07) is 0. The second kappa shape index (κ2) is 6.07. The SMILES string of the molecule is C=C[C@@](C)(O)CO[C@@H]1O[C@H](CO)[C@@H](O)[C@H](O)[C@H]1O. The Hall–Kier alpha value is -0.540. The molecule has 5 N–H and O–H groups in total. The van der Waals surface area contributed by atoms with E-state index < -0.39 is 42.9 Å². The fraction of sp³-hybridized carbons (Fsp3) is 0.818. The van der Waals surface area contributed by atoms with Crippen LogP contribution in [0.2, 0.25) is 0 Å². The molecule has 7 heteroatoms. The molecule has 0 aromatic rings. The van der Waals surface area contributed by atoms with E-state index in [0.29, 0.717) is 0 Å². The highest BCUT2D eigenvalue weighted by atomic mass is 16.7. The van der Waals surface area contributed by atoms with E-state index in [1.807, 2.05) is 0 Å². The number of hydrogen-bond donors (Lipinski definition) is 5. The van der Waals surface area contributed by atoms with Gasteiger partial charge in [0.2, 0.25) is 0 Å². The first-order valence-corrected chi connectivity index (χ1v) is 5.60. The van der Waals surface area contributed by atoms with E-state index in [9.17, 15) is 20.4 Å². The molecule has 0 amide bonds. The summed E-state index contributed by atoms with van der Waals surface area (Å²) >= 11 is 0. The van der Waals surface area contributed by atoms with Crippen LogP contribution >= 0.6 is 0 Å². The molecule has 106 valence electrons. The number of hydrogen-bond acceptors (Lipinski definition) is 7. The van der Waals surface area contributed by atoms with E-state index in [1.165, 1.54) is 13.0 Å². The van der Waals surface area contributed by atoms with Crippen LogP contribution in [0.1, 0.15) is 6.92 Å². The molecule has 0 unspecified atom stereocenters. The van der Waals surface area contributed by atoms with Crippen LogP contribution in [0.25, 0.3) is 0 Å². The predicted molar refractivity (Wildman–Crippen MR) is 60.5 cm³/mol. The largest absolute Gasteiger partial charge is 0.394 e. The number of aliphatic hydroxyl groups is 5. The van der Waals surface area contributed by atoms with Crippen molar-refractivity contribution in [1.82, 2.24) is 0 Å². The fourth-order valence-electron chi connectivity index (χ4n) is 1.51. The van der Waals surface area contributed by atoms with Gasteiger partial charge in [-0.2, -0.15) is 0 Å². The minimum Gasteiger partial charge on any atom is -0.394 e. The summed E-state index contributed by atoms with van der Waals surface area (Å²) in [7, 11) is 0. The van der Waals surface area contributed by atoms with E-state index in [2.05, 4.69) is 6.58 Å². The van der Waals surface area contributed by atoms with Gasteiger partial charge in [-0.15, -0.1) is 6.58 Å². The monoisotopic (exact) mass is 264 g/mol. The van der Waals surface area contributed by atoms with Gasteiger partial charge in [0.15, 0.2) is 6.29 Å². The van der Waals surface area contributed by atoms with E-state index >= 15 is 0 Å². The fourth-order valence-corrected chi connectivity index (χ4v) is 1.51. The van der Waals surface area contributed by atoms with Crippen molar-refractivity contribution in [2.45, 2.75) is 43.2 Å². The summed E-state index contributed by atoms with van der Waals surface area (Å²) in [6.07, 6.45) is -5.39. The molecule has 1 rings (SSSR count). The molecule has 18 heavy (non-hydrogen) atoms. The summed E-state index contributed by atoms with van der Waals surface area (Å²) in [6.45, 7) is 4.12. The Morgan fingerprint density at radius 3 is 2.39 bits per heavy atom. The van der Waals surface area contributed by atoms with E-state index in [4.69, 9.17) is 14.6 Å². The lowest BCUT2D eigenvalue weighted by Crippen LogP contribution is -2.59. The van der Waals surface area contributed by atoms with Gasteiger partial charge in [-0.05, 0) is 6.92 Å². The quantitative estimate of drug-likeness (QED) is 0.355. The van der Waals surface area contributed by atoms with E-state index in [0.717, 1.165) is 0 Å². The average molecular weight is 264 g/mol. The summed E-state index contributed by atoms with van der Waals surface area (Å²) in [4.78, 5) is 0. The smallest absolute Gasteiger partial charge is 0.186 e. The molecule has 1 aliphatic heterocycles. The molecule has 0 aliphatic carbocycles. The predicted octanol–water partition coefficient (Wildman–Crippen LogP) is -2.26. The van der Waals surface area contributed by atoms with Gasteiger partial charge >= 0.3 is 0 Å². The lowest BCUT2D eigenvalue weighted by molar-refractivity contribution is -0.306.